The van der Waals surface area contributed by atoms with Crippen LogP contribution >= 0.6 is 0 Å². The van der Waals surface area contributed by atoms with Crippen molar-refractivity contribution in [1.29, 1.82) is 0 Å². The monoisotopic (exact) mass is 277 g/mol. The van der Waals surface area contributed by atoms with Gasteiger partial charge in [-0.2, -0.15) is 0 Å². The molecule has 0 aliphatic carbocycles. The maximum atomic E-state index is 12.4. The van der Waals surface area contributed by atoms with E-state index in [0.717, 1.165) is 0 Å². The lowest BCUT2D eigenvalue weighted by Gasteiger charge is -2.27. The van der Waals surface area contributed by atoms with E-state index < -0.39 is 18.0 Å². The molecule has 106 valence electrons. The second kappa shape index (κ2) is 6.05. The number of carbonyl (C=O) groups is 2. The van der Waals surface area contributed by atoms with Gasteiger partial charge in [-0.25, -0.2) is 14.6 Å². The number of aromatic nitrogens is 2. The highest BCUT2D eigenvalue weighted by Crippen LogP contribution is 2.14. The fraction of sp³-hybridized carbons (Fsp3) is 0.308. The van der Waals surface area contributed by atoms with Crippen molar-refractivity contribution in [3.63, 3.8) is 0 Å². The molecular formula is C13H15N3O4. The lowest BCUT2D eigenvalue weighted by atomic mass is 10.2. The molecule has 1 amide bonds. The molecule has 0 saturated heterocycles. The number of rotatable bonds is 5. The number of carboxylic acid groups (broad SMARTS) is 1. The number of aliphatic carboxylic acids is 1. The van der Waals surface area contributed by atoms with E-state index in [-0.39, 0.29) is 6.54 Å². The van der Waals surface area contributed by atoms with Crippen molar-refractivity contribution < 1.29 is 19.1 Å². The van der Waals surface area contributed by atoms with Crippen LogP contribution in [0.1, 0.15) is 19.1 Å². The second-order valence-electron chi connectivity index (χ2n) is 4.22. The van der Waals surface area contributed by atoms with Crippen LogP contribution < -0.4 is 0 Å². The molecule has 1 N–H and O–H groups in total. The summed E-state index contributed by atoms with van der Waals surface area (Å²) in [6, 6.07) is 2.02. The van der Waals surface area contributed by atoms with Gasteiger partial charge in [0.1, 0.15) is 18.1 Å². The fourth-order valence-electron chi connectivity index (χ4n) is 1.93. The number of furan rings is 1. The topological polar surface area (TPSA) is 88.6 Å². The van der Waals surface area contributed by atoms with Gasteiger partial charge in [0.05, 0.1) is 12.8 Å². The lowest BCUT2D eigenvalue weighted by Crippen LogP contribution is -2.45. The molecule has 0 spiro atoms. The molecule has 0 radical (unpaired) electrons. The highest BCUT2D eigenvalue weighted by molar-refractivity contribution is 5.83. The minimum Gasteiger partial charge on any atom is -0.480 e. The number of amides is 1. The maximum absolute atomic E-state index is 12.4. The Morgan fingerprint density at radius 1 is 1.55 bits per heavy atom. The van der Waals surface area contributed by atoms with E-state index in [1.807, 2.05) is 0 Å². The minimum absolute atomic E-state index is 0.0921. The van der Waals surface area contributed by atoms with Crippen molar-refractivity contribution >= 4 is 12.0 Å². The normalized spacial score (nSPS) is 12.1. The Bertz CT molecular complexity index is 562. The molecular weight excluding hydrogens is 262 g/mol. The quantitative estimate of drug-likeness (QED) is 0.900. The van der Waals surface area contributed by atoms with E-state index in [1.54, 1.807) is 19.1 Å². The van der Waals surface area contributed by atoms with Crippen LogP contribution in [0.15, 0.2) is 41.5 Å². The minimum atomic E-state index is -1.05. The van der Waals surface area contributed by atoms with Crippen LogP contribution in [0.2, 0.25) is 0 Å². The Hall–Kier alpha value is -2.57. The number of carbonyl (C=O) groups excluding carboxylic acids is 1. The standard InChI is InChI=1S/C13H15N3O4/c1-2-11(12(17)18)16(8-10-4-3-7-20-10)13(19)15-6-5-14-9-15/h3-7,9,11H,2,8H2,1H3,(H,17,18)/t11-/m0/s1. The molecule has 2 heterocycles. The summed E-state index contributed by atoms with van der Waals surface area (Å²) in [6.45, 7) is 1.81. The largest absolute Gasteiger partial charge is 0.480 e. The molecule has 7 heteroatoms. The van der Waals surface area contributed by atoms with Crippen LogP contribution in [-0.2, 0) is 11.3 Å². The summed E-state index contributed by atoms with van der Waals surface area (Å²) in [4.78, 5) is 28.8. The molecule has 2 aromatic rings. The lowest BCUT2D eigenvalue weighted by molar-refractivity contribution is -0.142. The predicted octanol–water partition coefficient (Wildman–Crippen LogP) is 1.81. The molecule has 2 rings (SSSR count). The third-order valence-corrected chi connectivity index (χ3v) is 2.93. The number of carboxylic acids is 1. The van der Waals surface area contributed by atoms with Gasteiger partial charge < -0.3 is 14.4 Å². The smallest absolute Gasteiger partial charge is 0.330 e. The maximum Gasteiger partial charge on any atom is 0.330 e. The zero-order valence-electron chi connectivity index (χ0n) is 11.0. The summed E-state index contributed by atoms with van der Waals surface area (Å²) in [5.74, 6) is -0.523. The summed E-state index contributed by atoms with van der Waals surface area (Å²) >= 11 is 0. The Morgan fingerprint density at radius 3 is 2.85 bits per heavy atom. The van der Waals surface area contributed by atoms with Crippen molar-refractivity contribution in [2.45, 2.75) is 25.9 Å². The number of imidazole rings is 1. The molecule has 1 atom stereocenters. The number of hydrogen-bond acceptors (Lipinski definition) is 4. The zero-order chi connectivity index (χ0) is 14.5. The van der Waals surface area contributed by atoms with Crippen LogP contribution in [0.3, 0.4) is 0 Å². The number of hydrogen-bond donors (Lipinski definition) is 1. The molecule has 0 bridgehead atoms. The van der Waals surface area contributed by atoms with Crippen LogP contribution in [0.25, 0.3) is 0 Å². The van der Waals surface area contributed by atoms with E-state index in [2.05, 4.69) is 4.98 Å². The summed E-state index contributed by atoms with van der Waals surface area (Å²) in [6.07, 6.45) is 6.07. The average Bonchev–Trinajstić information content (AvgIpc) is 3.10. The summed E-state index contributed by atoms with van der Waals surface area (Å²) in [5.41, 5.74) is 0. The number of nitrogens with zero attached hydrogens (tertiary/aromatic N) is 3. The van der Waals surface area contributed by atoms with Crippen molar-refractivity contribution in [3.8, 4) is 0 Å². The van der Waals surface area contributed by atoms with E-state index in [0.29, 0.717) is 12.2 Å². The first-order chi connectivity index (χ1) is 9.63. The van der Waals surface area contributed by atoms with Crippen LogP contribution in [0.5, 0.6) is 0 Å². The molecule has 0 aliphatic rings. The average molecular weight is 277 g/mol. The van der Waals surface area contributed by atoms with Gasteiger partial charge in [0.25, 0.3) is 0 Å². The van der Waals surface area contributed by atoms with Crippen molar-refractivity contribution in [2.75, 3.05) is 0 Å². The van der Waals surface area contributed by atoms with E-state index in [1.165, 1.54) is 34.5 Å². The Labute approximate surface area is 115 Å². The SMILES string of the molecule is CC[C@@H](C(=O)O)N(Cc1ccco1)C(=O)n1ccnc1. The van der Waals surface area contributed by atoms with Gasteiger partial charge in [0, 0.05) is 12.4 Å². The summed E-state index contributed by atoms with van der Waals surface area (Å²) < 4.78 is 6.44. The molecule has 0 aromatic carbocycles. The van der Waals surface area contributed by atoms with Crippen LogP contribution in [0.4, 0.5) is 4.79 Å². The molecule has 0 saturated carbocycles. The third-order valence-electron chi connectivity index (χ3n) is 2.93. The Kier molecular flexibility index (Phi) is 4.19. The van der Waals surface area contributed by atoms with E-state index >= 15 is 0 Å². The predicted molar refractivity (Wildman–Crippen MR) is 69.0 cm³/mol. The van der Waals surface area contributed by atoms with E-state index in [9.17, 15) is 14.7 Å². The van der Waals surface area contributed by atoms with Gasteiger partial charge >= 0.3 is 12.0 Å². The van der Waals surface area contributed by atoms with Gasteiger partial charge in [-0.15, -0.1) is 0 Å². The second-order valence-corrected chi connectivity index (χ2v) is 4.22. The first-order valence-corrected chi connectivity index (χ1v) is 6.17. The highest BCUT2D eigenvalue weighted by Gasteiger charge is 2.29. The Balaban J connectivity index is 2.27. The molecule has 0 aliphatic heterocycles. The van der Waals surface area contributed by atoms with Gasteiger partial charge in [0.2, 0.25) is 0 Å². The van der Waals surface area contributed by atoms with Crippen LogP contribution in [0, 0.1) is 0 Å². The third kappa shape index (κ3) is 2.87. The van der Waals surface area contributed by atoms with E-state index in [4.69, 9.17) is 4.42 Å². The van der Waals surface area contributed by atoms with Gasteiger partial charge in [0.15, 0.2) is 0 Å². The summed E-state index contributed by atoms with van der Waals surface area (Å²) in [7, 11) is 0. The van der Waals surface area contributed by atoms with Crippen molar-refractivity contribution in [2.24, 2.45) is 0 Å². The first-order valence-electron chi connectivity index (χ1n) is 6.17. The molecule has 0 unspecified atom stereocenters. The van der Waals surface area contributed by atoms with Crippen molar-refractivity contribution in [3.05, 3.63) is 42.9 Å². The Morgan fingerprint density at radius 2 is 2.35 bits per heavy atom. The van der Waals surface area contributed by atoms with Crippen LogP contribution in [-0.4, -0.2) is 37.6 Å². The molecule has 7 nitrogen and oxygen atoms in total. The molecule has 20 heavy (non-hydrogen) atoms. The summed E-state index contributed by atoms with van der Waals surface area (Å²) in [5, 5.41) is 9.27. The van der Waals surface area contributed by atoms with Gasteiger partial charge in [-0.05, 0) is 18.6 Å². The van der Waals surface area contributed by atoms with Crippen molar-refractivity contribution in [1.82, 2.24) is 14.5 Å². The van der Waals surface area contributed by atoms with Gasteiger partial charge in [-0.1, -0.05) is 6.92 Å². The first kappa shape index (κ1) is 13.9. The molecule has 0 fully saturated rings. The van der Waals surface area contributed by atoms with Gasteiger partial charge in [-0.3, -0.25) is 4.57 Å². The zero-order valence-corrected chi connectivity index (χ0v) is 11.0. The molecule has 2 aromatic heterocycles. The highest BCUT2D eigenvalue weighted by atomic mass is 16.4. The fourth-order valence-corrected chi connectivity index (χ4v) is 1.93.